The van der Waals surface area contributed by atoms with E-state index in [1.54, 1.807) is 20.8 Å². The van der Waals surface area contributed by atoms with Crippen LogP contribution in [0.3, 0.4) is 0 Å². The zero-order chi connectivity index (χ0) is 56.7. The smallest absolute Gasteiger partial charge is 0.431 e. The van der Waals surface area contributed by atoms with Gasteiger partial charge in [-0.3, -0.25) is 24.1 Å². The van der Waals surface area contributed by atoms with Crippen LogP contribution in [0.2, 0.25) is 20.5 Å². The highest BCUT2D eigenvalue weighted by atomic mass is 16.6. The Morgan fingerprint density at radius 2 is 1.03 bits per heavy atom. The van der Waals surface area contributed by atoms with E-state index < -0.39 is 87.8 Å². The Bertz CT molecular complexity index is 1600. The van der Waals surface area contributed by atoms with Gasteiger partial charge in [0.1, 0.15) is 24.9 Å². The maximum atomic E-state index is 13.8. The topological polar surface area (TPSA) is 243 Å². The molecule has 0 aromatic carbocycles. The number of carbonyl (C=O) groups is 5. The summed E-state index contributed by atoms with van der Waals surface area (Å²) in [5.41, 5.74) is -0.908. The maximum absolute atomic E-state index is 13.8. The van der Waals surface area contributed by atoms with Gasteiger partial charge in [-0.15, -0.1) is 0 Å². The Labute approximate surface area is 461 Å². The standard InChI is InChI=1S/C56H106B3N5O12/c1-9-11-13-15-17-19-21-23-25-27-29-31-33-35-37-41-50(65)73-45-47(75-51(66)42-38-36-34-32-30-28-26-24-22-20-18-16-14-12-10-2)46-74-54(69)49(44-52(67)76-56(3,4)5)61-53(68)48(62-57(6)70)40-39-43-60-55(63-58(7)71)64-59(8)72/h23-26,47-49,62,70-72H,9-22,27-46H2,1-8H3,(H,61,68)(H2,60,63,64)/b25-23-,26-24-. The highest BCUT2D eigenvalue weighted by molar-refractivity contribution is 6.52. The zero-order valence-corrected chi connectivity index (χ0v) is 48.8. The molecule has 0 fully saturated rings. The number of nitrogens with zero attached hydrogens (tertiary/aromatic N) is 1. The molecule has 3 unspecified atom stereocenters. The summed E-state index contributed by atoms with van der Waals surface area (Å²) in [6.45, 7) is 13.2. The average molecular weight is 1070 g/mol. The molecular formula is C56H106B3N5O12. The van der Waals surface area contributed by atoms with E-state index >= 15 is 0 Å². The molecule has 17 nitrogen and oxygen atoms in total. The van der Waals surface area contributed by atoms with Crippen molar-refractivity contribution in [3.8, 4) is 0 Å². The van der Waals surface area contributed by atoms with Crippen molar-refractivity contribution in [3.05, 3.63) is 24.3 Å². The van der Waals surface area contributed by atoms with Crippen LogP contribution in [0.25, 0.3) is 0 Å². The number of hydrogen-bond acceptors (Lipinski definition) is 14. The van der Waals surface area contributed by atoms with Crippen molar-refractivity contribution >= 4 is 56.9 Å². The van der Waals surface area contributed by atoms with Crippen LogP contribution in [-0.4, -0.2) is 116 Å². The lowest BCUT2D eigenvalue weighted by molar-refractivity contribution is -0.169. The Kier molecular flexibility index (Phi) is 45.8. The quantitative estimate of drug-likeness (QED) is 0.00570. The van der Waals surface area contributed by atoms with Crippen LogP contribution in [-0.2, 0) is 42.9 Å². The zero-order valence-electron chi connectivity index (χ0n) is 48.8. The number of allylic oxidation sites excluding steroid dienone is 4. The number of guanidine groups is 1. The van der Waals surface area contributed by atoms with E-state index in [4.69, 9.17) is 18.9 Å². The molecular weight excluding hydrogens is 967 g/mol. The largest absolute Gasteiger partial charge is 0.462 e. The lowest BCUT2D eigenvalue weighted by atomic mass is 9.86. The fourth-order valence-electron chi connectivity index (χ4n) is 8.20. The van der Waals surface area contributed by atoms with E-state index in [1.807, 2.05) is 0 Å². The average Bonchev–Trinajstić information content (AvgIpc) is 3.34. The van der Waals surface area contributed by atoms with Crippen molar-refractivity contribution in [2.75, 3.05) is 19.8 Å². The first-order valence-corrected chi connectivity index (χ1v) is 29.6. The molecule has 0 aliphatic rings. The summed E-state index contributed by atoms with van der Waals surface area (Å²) >= 11 is 0. The summed E-state index contributed by atoms with van der Waals surface area (Å²) in [6, 6.07) is -2.60. The van der Waals surface area contributed by atoms with E-state index in [0.717, 1.165) is 77.0 Å². The van der Waals surface area contributed by atoms with E-state index in [2.05, 4.69) is 64.1 Å². The minimum Gasteiger partial charge on any atom is -0.462 e. The molecule has 0 aromatic heterocycles. The minimum absolute atomic E-state index is 0.127. The van der Waals surface area contributed by atoms with Crippen LogP contribution < -0.4 is 21.1 Å². The predicted octanol–water partition coefficient (Wildman–Crippen LogP) is 9.88. The molecule has 0 aliphatic heterocycles. The molecule has 20 heteroatoms. The normalized spacial score (nSPS) is 13.0. The van der Waals surface area contributed by atoms with Crippen molar-refractivity contribution in [1.29, 1.82) is 0 Å². The van der Waals surface area contributed by atoms with Gasteiger partial charge in [0.05, 0.1) is 12.5 Å². The molecule has 0 saturated heterocycles. The summed E-state index contributed by atoms with van der Waals surface area (Å²) in [5, 5.41) is 40.6. The molecule has 1 amide bonds. The van der Waals surface area contributed by atoms with Crippen LogP contribution >= 0.6 is 0 Å². The maximum Gasteiger partial charge on any atom is 0.431 e. The summed E-state index contributed by atoms with van der Waals surface area (Å²) in [7, 11) is -3.16. The molecule has 0 saturated carbocycles. The van der Waals surface area contributed by atoms with Gasteiger partial charge in [-0.2, -0.15) is 0 Å². The monoisotopic (exact) mass is 1070 g/mol. The number of ether oxygens (including phenoxy) is 4. The molecule has 0 bridgehead atoms. The van der Waals surface area contributed by atoms with Crippen molar-refractivity contribution in [2.45, 2.75) is 278 Å². The van der Waals surface area contributed by atoms with E-state index in [0.29, 0.717) is 19.3 Å². The Morgan fingerprint density at radius 1 is 0.566 bits per heavy atom. The first kappa shape index (κ1) is 72.1. The molecule has 0 heterocycles. The van der Waals surface area contributed by atoms with Gasteiger partial charge in [0, 0.05) is 19.4 Å². The molecule has 0 radical (unpaired) electrons. The van der Waals surface area contributed by atoms with Gasteiger partial charge < -0.3 is 55.1 Å². The summed E-state index contributed by atoms with van der Waals surface area (Å²) in [6.07, 6.45) is 37.4. The molecule has 3 atom stereocenters. The van der Waals surface area contributed by atoms with Gasteiger partial charge in [-0.05, 0) is 118 Å². The molecule has 0 aliphatic carbocycles. The van der Waals surface area contributed by atoms with E-state index in [-0.39, 0.29) is 38.4 Å². The first-order chi connectivity index (χ1) is 36.4. The van der Waals surface area contributed by atoms with Crippen LogP contribution in [0.5, 0.6) is 0 Å². The Balaban J connectivity index is 5.64. The predicted molar refractivity (Wildman–Crippen MR) is 309 cm³/mol. The van der Waals surface area contributed by atoms with Crippen LogP contribution in [0.1, 0.15) is 234 Å². The number of carbonyl (C=O) groups excluding carboxylic acids is 5. The van der Waals surface area contributed by atoms with Crippen molar-refractivity contribution in [2.24, 2.45) is 4.90 Å². The number of rotatable bonds is 48. The van der Waals surface area contributed by atoms with Crippen LogP contribution in [0.4, 0.5) is 0 Å². The third-order valence-corrected chi connectivity index (χ3v) is 12.2. The lowest BCUT2D eigenvalue weighted by Gasteiger charge is -2.25. The number of amides is 1. The third kappa shape index (κ3) is 47.4. The van der Waals surface area contributed by atoms with Gasteiger partial charge in [0.2, 0.25) is 5.91 Å². The van der Waals surface area contributed by atoms with Crippen molar-refractivity contribution < 1.29 is 58.0 Å². The molecule has 0 rings (SSSR count). The molecule has 7 N–H and O–H groups in total. The van der Waals surface area contributed by atoms with Crippen molar-refractivity contribution in [1.82, 2.24) is 21.1 Å². The number of unbranched alkanes of at least 4 members (excludes halogenated alkanes) is 22. The molecule has 0 spiro atoms. The highest BCUT2D eigenvalue weighted by Gasteiger charge is 2.32. The molecule has 0 aromatic rings. The van der Waals surface area contributed by atoms with Gasteiger partial charge >= 0.3 is 45.0 Å². The van der Waals surface area contributed by atoms with Gasteiger partial charge in [0.25, 0.3) is 0 Å². The second kappa shape index (κ2) is 48.3. The third-order valence-electron chi connectivity index (χ3n) is 12.2. The Hall–Kier alpha value is -3.87. The van der Waals surface area contributed by atoms with Crippen LogP contribution in [0, 0.1) is 0 Å². The summed E-state index contributed by atoms with van der Waals surface area (Å²) in [4.78, 5) is 70.7. The van der Waals surface area contributed by atoms with Gasteiger partial charge in [0.15, 0.2) is 12.1 Å². The number of esters is 4. The van der Waals surface area contributed by atoms with Gasteiger partial charge in [-0.25, -0.2) is 4.79 Å². The summed E-state index contributed by atoms with van der Waals surface area (Å²) in [5.74, 6) is -3.39. The molecule has 76 heavy (non-hydrogen) atoms. The first-order valence-electron chi connectivity index (χ1n) is 29.6. The number of nitrogens with one attached hydrogen (secondary N) is 4. The van der Waals surface area contributed by atoms with E-state index in [1.165, 1.54) is 97.5 Å². The second-order valence-electron chi connectivity index (χ2n) is 21.3. The lowest BCUT2D eigenvalue weighted by Crippen LogP contribution is -2.54. The minimum atomic E-state index is -1.55. The summed E-state index contributed by atoms with van der Waals surface area (Å²) < 4.78 is 22.4. The fraction of sp³-hybridized carbons (Fsp3) is 0.821. The van der Waals surface area contributed by atoms with Gasteiger partial charge in [-0.1, -0.05) is 141 Å². The molecule has 436 valence electrons. The van der Waals surface area contributed by atoms with E-state index in [9.17, 15) is 39.0 Å². The van der Waals surface area contributed by atoms with Crippen LogP contribution in [0.15, 0.2) is 29.2 Å². The number of hydrogen-bond donors (Lipinski definition) is 7. The fourth-order valence-corrected chi connectivity index (χ4v) is 8.20. The Morgan fingerprint density at radius 3 is 1.49 bits per heavy atom. The SMILES string of the molecule is CCCCCCCC/C=C\CCCCCCCC(=O)OCC(COC(=O)C(CC(=O)OC(C)(C)C)NC(=O)C(CCCN/C(=N/B(C)O)NB(C)O)NB(C)O)OC(=O)CCCCCCC/C=C\CCCCCCCC. The van der Waals surface area contributed by atoms with Crippen molar-refractivity contribution in [3.63, 3.8) is 0 Å². The highest BCUT2D eigenvalue weighted by Crippen LogP contribution is 2.15. The second-order valence-corrected chi connectivity index (χ2v) is 21.3.